The Bertz CT molecular complexity index is 700. The number of urea groups is 1. The first-order valence-electron chi connectivity index (χ1n) is 7.27. The maximum absolute atomic E-state index is 11.9. The molecule has 0 aliphatic rings. The van der Waals surface area contributed by atoms with Crippen molar-refractivity contribution in [2.75, 3.05) is 10.6 Å². The van der Waals surface area contributed by atoms with E-state index in [0.717, 1.165) is 11.1 Å². The summed E-state index contributed by atoms with van der Waals surface area (Å²) in [6, 6.07) is 14.4. The van der Waals surface area contributed by atoms with Crippen LogP contribution in [0.1, 0.15) is 18.1 Å². The second-order valence-electron chi connectivity index (χ2n) is 5.09. The van der Waals surface area contributed by atoms with E-state index >= 15 is 0 Å². The smallest absolute Gasteiger partial charge is 0.319 e. The molecule has 2 aromatic carbocycles. The van der Waals surface area contributed by atoms with E-state index in [4.69, 9.17) is 5.73 Å². The van der Waals surface area contributed by atoms with E-state index in [1.807, 2.05) is 24.3 Å². The molecule has 0 atom stereocenters. The predicted octanol–water partition coefficient (Wildman–Crippen LogP) is 2.43. The molecule has 120 valence electrons. The highest BCUT2D eigenvalue weighted by Gasteiger charge is 2.03. The van der Waals surface area contributed by atoms with Crippen LogP contribution in [-0.2, 0) is 17.9 Å². The number of nitrogens with one attached hydrogen (secondary N) is 3. The molecule has 0 bridgehead atoms. The van der Waals surface area contributed by atoms with E-state index in [9.17, 15) is 9.59 Å². The quantitative estimate of drug-likeness (QED) is 0.682. The van der Waals surface area contributed by atoms with E-state index in [1.54, 1.807) is 24.3 Å². The minimum atomic E-state index is -0.317. The van der Waals surface area contributed by atoms with Gasteiger partial charge >= 0.3 is 6.03 Å². The third-order valence-corrected chi connectivity index (χ3v) is 3.12. The van der Waals surface area contributed by atoms with Gasteiger partial charge in [-0.2, -0.15) is 0 Å². The Morgan fingerprint density at radius 3 is 2.30 bits per heavy atom. The van der Waals surface area contributed by atoms with Crippen molar-refractivity contribution in [3.63, 3.8) is 0 Å². The minimum absolute atomic E-state index is 0.161. The maximum Gasteiger partial charge on any atom is 0.319 e. The number of hydrogen-bond donors (Lipinski definition) is 4. The first kappa shape index (κ1) is 16.5. The van der Waals surface area contributed by atoms with Crippen LogP contribution in [0, 0.1) is 0 Å². The van der Waals surface area contributed by atoms with Crippen molar-refractivity contribution in [3.05, 3.63) is 59.7 Å². The zero-order valence-electron chi connectivity index (χ0n) is 12.9. The highest BCUT2D eigenvalue weighted by molar-refractivity contribution is 5.92. The van der Waals surface area contributed by atoms with Crippen molar-refractivity contribution in [2.45, 2.75) is 20.0 Å². The molecule has 3 amide bonds. The number of carbonyl (C=O) groups excluding carboxylic acids is 2. The summed E-state index contributed by atoms with van der Waals surface area (Å²) in [5, 5.41) is 8.18. The molecule has 0 heterocycles. The average Bonchev–Trinajstić information content (AvgIpc) is 2.53. The third-order valence-electron chi connectivity index (χ3n) is 3.12. The normalized spacial score (nSPS) is 10.0. The van der Waals surface area contributed by atoms with Gasteiger partial charge < -0.3 is 21.7 Å². The molecular weight excluding hydrogens is 292 g/mol. The molecule has 6 heteroatoms. The van der Waals surface area contributed by atoms with Gasteiger partial charge in [-0.1, -0.05) is 30.3 Å². The van der Waals surface area contributed by atoms with Crippen molar-refractivity contribution in [1.29, 1.82) is 0 Å². The molecule has 0 radical (unpaired) electrons. The maximum atomic E-state index is 11.9. The topological polar surface area (TPSA) is 96.2 Å². The largest absolute Gasteiger partial charge is 0.334 e. The number of benzene rings is 2. The molecule has 2 aromatic rings. The number of hydrogen-bond acceptors (Lipinski definition) is 3. The molecule has 0 aliphatic heterocycles. The van der Waals surface area contributed by atoms with Gasteiger partial charge in [0.25, 0.3) is 0 Å². The molecule has 0 saturated heterocycles. The summed E-state index contributed by atoms with van der Waals surface area (Å²) < 4.78 is 0. The van der Waals surface area contributed by atoms with Gasteiger partial charge in [-0.15, -0.1) is 0 Å². The Kier molecular flexibility index (Phi) is 5.71. The molecule has 2 rings (SSSR count). The molecule has 0 fully saturated rings. The number of nitrogens with two attached hydrogens (primary N) is 1. The predicted molar refractivity (Wildman–Crippen MR) is 90.9 cm³/mol. The van der Waals surface area contributed by atoms with E-state index in [-0.39, 0.29) is 11.9 Å². The fraction of sp³-hybridized carbons (Fsp3) is 0.176. The van der Waals surface area contributed by atoms with Crippen molar-refractivity contribution in [3.8, 4) is 0 Å². The summed E-state index contributed by atoms with van der Waals surface area (Å²) >= 11 is 0. The lowest BCUT2D eigenvalue weighted by Gasteiger charge is -2.10. The van der Waals surface area contributed by atoms with E-state index < -0.39 is 0 Å². The Balaban J connectivity index is 1.90. The molecule has 5 N–H and O–H groups in total. The molecular formula is C17H20N4O2. The van der Waals surface area contributed by atoms with Crippen LogP contribution in [0.5, 0.6) is 0 Å². The lowest BCUT2D eigenvalue weighted by atomic mass is 10.1. The molecule has 0 aromatic heterocycles. The third kappa shape index (κ3) is 5.44. The summed E-state index contributed by atoms with van der Waals surface area (Å²) in [5.41, 5.74) is 8.83. The van der Waals surface area contributed by atoms with Crippen molar-refractivity contribution < 1.29 is 9.59 Å². The van der Waals surface area contributed by atoms with Crippen LogP contribution >= 0.6 is 0 Å². The summed E-state index contributed by atoms with van der Waals surface area (Å²) in [6.07, 6.45) is 0. The minimum Gasteiger partial charge on any atom is -0.334 e. The summed E-state index contributed by atoms with van der Waals surface area (Å²) in [6.45, 7) is 2.31. The summed E-state index contributed by atoms with van der Waals surface area (Å²) in [7, 11) is 0. The standard InChI is InChI=1S/C17H20N4O2/c1-12(22)20-15-6-3-7-16(9-15)21-17(23)19-11-14-5-2-4-13(8-14)10-18/h2-9H,10-11,18H2,1H3,(H,20,22)(H2,19,21,23). The lowest BCUT2D eigenvalue weighted by Crippen LogP contribution is -2.28. The van der Waals surface area contributed by atoms with Crippen LogP contribution in [0.2, 0.25) is 0 Å². The number of anilines is 2. The summed E-state index contributed by atoms with van der Waals surface area (Å²) in [5.74, 6) is -0.161. The second-order valence-corrected chi connectivity index (χ2v) is 5.09. The average molecular weight is 312 g/mol. The molecule has 0 spiro atoms. The lowest BCUT2D eigenvalue weighted by molar-refractivity contribution is -0.114. The zero-order valence-corrected chi connectivity index (χ0v) is 12.9. The molecule has 6 nitrogen and oxygen atoms in total. The van der Waals surface area contributed by atoms with Crippen molar-refractivity contribution in [2.24, 2.45) is 5.73 Å². The van der Waals surface area contributed by atoms with Gasteiger partial charge in [-0.3, -0.25) is 4.79 Å². The highest BCUT2D eigenvalue weighted by Crippen LogP contribution is 2.15. The van der Waals surface area contributed by atoms with E-state index in [1.165, 1.54) is 6.92 Å². The van der Waals surface area contributed by atoms with Gasteiger partial charge in [0.2, 0.25) is 5.91 Å². The van der Waals surface area contributed by atoms with Crippen LogP contribution in [0.25, 0.3) is 0 Å². The number of rotatable bonds is 5. The van der Waals surface area contributed by atoms with Crippen LogP contribution in [-0.4, -0.2) is 11.9 Å². The number of carbonyl (C=O) groups is 2. The fourth-order valence-corrected chi connectivity index (χ4v) is 2.10. The van der Waals surface area contributed by atoms with Crippen LogP contribution in [0.3, 0.4) is 0 Å². The Hall–Kier alpha value is -2.86. The Morgan fingerprint density at radius 1 is 0.957 bits per heavy atom. The van der Waals surface area contributed by atoms with Crippen molar-refractivity contribution in [1.82, 2.24) is 5.32 Å². The van der Waals surface area contributed by atoms with Crippen LogP contribution < -0.4 is 21.7 Å². The molecule has 0 unspecified atom stereocenters. The first-order valence-corrected chi connectivity index (χ1v) is 7.27. The van der Waals surface area contributed by atoms with Gasteiger partial charge in [0.1, 0.15) is 0 Å². The molecule has 0 saturated carbocycles. The zero-order chi connectivity index (χ0) is 16.7. The SMILES string of the molecule is CC(=O)Nc1cccc(NC(=O)NCc2cccc(CN)c2)c1. The van der Waals surface area contributed by atoms with Gasteiger partial charge in [0.05, 0.1) is 0 Å². The second kappa shape index (κ2) is 7.95. The molecule has 23 heavy (non-hydrogen) atoms. The first-order chi connectivity index (χ1) is 11.1. The van der Waals surface area contributed by atoms with Gasteiger partial charge in [-0.25, -0.2) is 4.79 Å². The number of amides is 3. The highest BCUT2D eigenvalue weighted by atomic mass is 16.2. The van der Waals surface area contributed by atoms with Gasteiger partial charge in [0.15, 0.2) is 0 Å². The van der Waals surface area contributed by atoms with Crippen molar-refractivity contribution >= 4 is 23.3 Å². The Labute approximate surface area is 135 Å². The monoisotopic (exact) mass is 312 g/mol. The van der Waals surface area contributed by atoms with Gasteiger partial charge in [-0.05, 0) is 29.3 Å². The summed E-state index contributed by atoms with van der Waals surface area (Å²) in [4.78, 5) is 23.0. The van der Waals surface area contributed by atoms with E-state index in [2.05, 4.69) is 16.0 Å². The Morgan fingerprint density at radius 2 is 1.61 bits per heavy atom. The molecule has 0 aliphatic carbocycles. The van der Waals surface area contributed by atoms with Crippen LogP contribution in [0.4, 0.5) is 16.2 Å². The van der Waals surface area contributed by atoms with E-state index in [0.29, 0.717) is 24.5 Å². The fourth-order valence-electron chi connectivity index (χ4n) is 2.10. The van der Waals surface area contributed by atoms with Gasteiger partial charge in [0, 0.05) is 31.4 Å². The van der Waals surface area contributed by atoms with Crippen LogP contribution in [0.15, 0.2) is 48.5 Å².